The van der Waals surface area contributed by atoms with Gasteiger partial charge in [0.05, 0.1) is 13.5 Å². The van der Waals surface area contributed by atoms with Gasteiger partial charge in [0.2, 0.25) is 0 Å². The second-order valence-corrected chi connectivity index (χ2v) is 4.86. The van der Waals surface area contributed by atoms with Crippen LogP contribution in [0, 0.1) is 5.92 Å². The molecule has 0 heterocycles. The van der Waals surface area contributed by atoms with Gasteiger partial charge < -0.3 is 15.2 Å². The molecule has 5 heteroatoms. The first-order chi connectivity index (χ1) is 9.01. The van der Waals surface area contributed by atoms with Crippen molar-refractivity contribution in [3.05, 3.63) is 23.8 Å². The van der Waals surface area contributed by atoms with Crippen molar-refractivity contribution in [2.24, 2.45) is 5.92 Å². The van der Waals surface area contributed by atoms with Crippen LogP contribution in [0.3, 0.4) is 0 Å². The molecule has 2 N–H and O–H groups in total. The summed E-state index contributed by atoms with van der Waals surface area (Å²) in [6.45, 7) is 2.14. The van der Waals surface area contributed by atoms with E-state index < -0.39 is 18.1 Å². The van der Waals surface area contributed by atoms with Crippen LogP contribution in [0.15, 0.2) is 23.8 Å². The van der Waals surface area contributed by atoms with Crippen molar-refractivity contribution in [1.29, 1.82) is 0 Å². The molecule has 0 saturated heterocycles. The number of carbonyl (C=O) groups is 2. The average molecular weight is 267 g/mol. The molecule has 1 aliphatic rings. The lowest BCUT2D eigenvalue weighted by atomic mass is 9.91. The Morgan fingerprint density at radius 2 is 2.32 bits per heavy atom. The first kappa shape index (κ1) is 15.3. The van der Waals surface area contributed by atoms with E-state index in [0.29, 0.717) is 12.3 Å². The fraction of sp³-hybridized carbons (Fsp3) is 0.571. The molecule has 0 aromatic heterocycles. The third-order valence-corrected chi connectivity index (χ3v) is 3.10. The molecule has 0 aromatic rings. The monoisotopic (exact) mass is 267 g/mol. The Morgan fingerprint density at radius 1 is 1.58 bits per heavy atom. The Hall–Kier alpha value is -1.78. The zero-order chi connectivity index (χ0) is 14.3. The molecule has 106 valence electrons. The number of hydrogen-bond acceptors (Lipinski definition) is 3. The molecule has 2 unspecified atom stereocenters. The molecule has 0 bridgehead atoms. The molecule has 1 rings (SSSR count). The van der Waals surface area contributed by atoms with E-state index in [-0.39, 0.29) is 6.42 Å². The molecule has 0 spiro atoms. The molecule has 19 heavy (non-hydrogen) atoms. The van der Waals surface area contributed by atoms with E-state index in [4.69, 9.17) is 5.11 Å². The van der Waals surface area contributed by atoms with E-state index in [9.17, 15) is 9.59 Å². The second-order valence-electron chi connectivity index (χ2n) is 4.86. The van der Waals surface area contributed by atoms with Crippen molar-refractivity contribution >= 4 is 12.1 Å². The summed E-state index contributed by atoms with van der Waals surface area (Å²) in [5, 5.41) is 11.4. The van der Waals surface area contributed by atoms with Gasteiger partial charge in [-0.3, -0.25) is 4.79 Å². The summed E-state index contributed by atoms with van der Waals surface area (Å²) >= 11 is 0. The maximum atomic E-state index is 11.2. The highest BCUT2D eigenvalue weighted by Crippen LogP contribution is 2.22. The van der Waals surface area contributed by atoms with E-state index in [0.717, 1.165) is 12.8 Å². The Morgan fingerprint density at radius 3 is 2.89 bits per heavy atom. The molecular weight excluding hydrogens is 246 g/mol. The number of carboxylic acid groups (broad SMARTS) is 1. The summed E-state index contributed by atoms with van der Waals surface area (Å²) in [5.74, 6) is -0.404. The normalized spacial score (nSPS) is 19.5. The zero-order valence-corrected chi connectivity index (χ0v) is 11.4. The van der Waals surface area contributed by atoms with E-state index in [2.05, 4.69) is 29.1 Å². The van der Waals surface area contributed by atoms with Gasteiger partial charge >= 0.3 is 12.1 Å². The van der Waals surface area contributed by atoms with Gasteiger partial charge in [0.1, 0.15) is 0 Å². The van der Waals surface area contributed by atoms with Crippen LogP contribution in [0.1, 0.15) is 32.6 Å². The Balaban J connectivity index is 2.48. The van der Waals surface area contributed by atoms with Crippen molar-refractivity contribution < 1.29 is 19.4 Å². The smallest absolute Gasteiger partial charge is 0.407 e. The molecule has 0 aliphatic heterocycles. The van der Waals surface area contributed by atoms with Gasteiger partial charge in [-0.25, -0.2) is 4.79 Å². The molecule has 1 aliphatic carbocycles. The molecule has 0 saturated carbocycles. The van der Waals surface area contributed by atoms with Gasteiger partial charge in [0, 0.05) is 6.04 Å². The highest BCUT2D eigenvalue weighted by Gasteiger charge is 2.17. The van der Waals surface area contributed by atoms with Crippen LogP contribution in [0.2, 0.25) is 0 Å². The van der Waals surface area contributed by atoms with E-state index in [1.54, 1.807) is 0 Å². The summed E-state index contributed by atoms with van der Waals surface area (Å²) in [4.78, 5) is 21.9. The van der Waals surface area contributed by atoms with Crippen LogP contribution < -0.4 is 5.32 Å². The van der Waals surface area contributed by atoms with Crippen LogP contribution in [0.4, 0.5) is 4.79 Å². The molecule has 5 nitrogen and oxygen atoms in total. The molecule has 0 radical (unpaired) electrons. The number of nitrogens with one attached hydrogen (secondary N) is 1. The Bertz CT molecular complexity index is 387. The number of aliphatic carboxylic acids is 1. The highest BCUT2D eigenvalue weighted by atomic mass is 16.5. The molecule has 1 amide bonds. The number of methoxy groups -OCH3 is 1. The number of carboxylic acids is 1. The number of amides is 1. The summed E-state index contributed by atoms with van der Waals surface area (Å²) in [6, 6.07) is -0.396. The van der Waals surface area contributed by atoms with Crippen LogP contribution in [0.5, 0.6) is 0 Å². The summed E-state index contributed by atoms with van der Waals surface area (Å²) in [6.07, 6.45) is 7.95. The number of alkyl carbamates (subject to hydrolysis) is 1. The second kappa shape index (κ2) is 7.61. The molecule has 0 fully saturated rings. The van der Waals surface area contributed by atoms with Gasteiger partial charge in [-0.15, -0.1) is 0 Å². The zero-order valence-electron chi connectivity index (χ0n) is 11.4. The van der Waals surface area contributed by atoms with Crippen LogP contribution >= 0.6 is 0 Å². The fourth-order valence-electron chi connectivity index (χ4n) is 2.14. The fourth-order valence-corrected chi connectivity index (χ4v) is 2.14. The standard InChI is InChI=1S/C14H21NO4/c1-10-4-3-5-11(8-10)6-7-12(9-13(16)17)15-14(18)19-2/h3-5,10,12H,6-9H2,1-2H3,(H,15,18)(H,16,17). The van der Waals surface area contributed by atoms with Crippen LogP contribution in [0.25, 0.3) is 0 Å². The van der Waals surface area contributed by atoms with Crippen molar-refractivity contribution in [3.63, 3.8) is 0 Å². The minimum atomic E-state index is -0.924. The first-order valence-electron chi connectivity index (χ1n) is 6.43. The maximum absolute atomic E-state index is 11.2. The van der Waals surface area contributed by atoms with Crippen molar-refractivity contribution in [3.8, 4) is 0 Å². The molecule has 2 atom stereocenters. The van der Waals surface area contributed by atoms with Gasteiger partial charge in [0.25, 0.3) is 0 Å². The van der Waals surface area contributed by atoms with E-state index in [1.165, 1.54) is 12.7 Å². The Labute approximate surface area is 113 Å². The minimum Gasteiger partial charge on any atom is -0.481 e. The van der Waals surface area contributed by atoms with Crippen molar-refractivity contribution in [2.45, 2.75) is 38.6 Å². The van der Waals surface area contributed by atoms with Gasteiger partial charge in [-0.2, -0.15) is 0 Å². The number of hydrogen-bond donors (Lipinski definition) is 2. The quantitative estimate of drug-likeness (QED) is 0.775. The Kier molecular flexibility index (Phi) is 6.12. The topological polar surface area (TPSA) is 75.6 Å². The highest BCUT2D eigenvalue weighted by molar-refractivity contribution is 5.71. The molecule has 0 aromatic carbocycles. The number of rotatable bonds is 6. The number of ether oxygens (including phenoxy) is 1. The lowest BCUT2D eigenvalue weighted by Crippen LogP contribution is -2.36. The third-order valence-electron chi connectivity index (χ3n) is 3.10. The predicted octanol–water partition coefficient (Wildman–Crippen LogP) is 2.49. The summed E-state index contributed by atoms with van der Waals surface area (Å²) in [7, 11) is 1.27. The first-order valence-corrected chi connectivity index (χ1v) is 6.43. The summed E-state index contributed by atoms with van der Waals surface area (Å²) in [5.41, 5.74) is 1.29. The molecular formula is C14H21NO4. The predicted molar refractivity (Wildman–Crippen MR) is 71.8 cm³/mol. The van der Waals surface area contributed by atoms with E-state index >= 15 is 0 Å². The van der Waals surface area contributed by atoms with Gasteiger partial charge in [-0.05, 0) is 25.2 Å². The van der Waals surface area contributed by atoms with Gasteiger partial charge in [0.15, 0.2) is 0 Å². The lowest BCUT2D eigenvalue weighted by molar-refractivity contribution is -0.137. The van der Waals surface area contributed by atoms with Crippen LogP contribution in [-0.2, 0) is 9.53 Å². The number of carbonyl (C=O) groups excluding carboxylic acids is 1. The largest absolute Gasteiger partial charge is 0.481 e. The van der Waals surface area contributed by atoms with Crippen LogP contribution in [-0.4, -0.2) is 30.3 Å². The summed E-state index contributed by atoms with van der Waals surface area (Å²) < 4.78 is 4.50. The van der Waals surface area contributed by atoms with Gasteiger partial charge in [-0.1, -0.05) is 30.7 Å². The maximum Gasteiger partial charge on any atom is 0.407 e. The SMILES string of the molecule is COC(=O)NC(CCC1=CC=CC(C)C1)CC(=O)O. The van der Waals surface area contributed by atoms with Crippen molar-refractivity contribution in [2.75, 3.05) is 7.11 Å². The third kappa shape index (κ3) is 6.08. The lowest BCUT2D eigenvalue weighted by Gasteiger charge is -2.19. The van der Waals surface area contributed by atoms with E-state index in [1.807, 2.05) is 6.08 Å². The number of allylic oxidation sites excluding steroid dienone is 4. The van der Waals surface area contributed by atoms with Crippen molar-refractivity contribution in [1.82, 2.24) is 5.32 Å². The minimum absolute atomic E-state index is 0.0895. The average Bonchev–Trinajstić information content (AvgIpc) is 2.35.